The minimum atomic E-state index is -0.824. The number of amides is 4. The first-order chi connectivity index (χ1) is 15.9. The number of likely N-dealkylation sites (N-methyl/N-ethyl adjacent to an activating group) is 1. The van der Waals surface area contributed by atoms with Crippen LogP contribution >= 0.6 is 0 Å². The summed E-state index contributed by atoms with van der Waals surface area (Å²) in [6, 6.07) is 6.17. The topological polar surface area (TPSA) is 156 Å². The highest BCUT2D eigenvalue weighted by Gasteiger charge is 2.21. The minimum Gasteiger partial charge on any atom is -0.482 e. The van der Waals surface area contributed by atoms with Crippen LogP contribution in [0, 0.1) is 5.82 Å². The number of halogens is 1. The molecule has 1 aliphatic rings. The van der Waals surface area contributed by atoms with E-state index in [0.29, 0.717) is 17.0 Å². The van der Waals surface area contributed by atoms with E-state index in [4.69, 9.17) is 4.74 Å². The number of nitrogens with zero attached hydrogens (tertiary/aromatic N) is 3. The maximum atomic E-state index is 14.1. The summed E-state index contributed by atoms with van der Waals surface area (Å²) in [5.74, 6) is -2.45. The Balaban J connectivity index is 1.54. The molecule has 0 saturated carbocycles. The SMILES string of the molecule is CNC(=O)CNC(=O)c1cc(C(=O)NCc2ccc3c(c2)NC(=O)CO3)nc2c(F)cnn12. The lowest BCUT2D eigenvalue weighted by Gasteiger charge is -2.18. The zero-order chi connectivity index (χ0) is 23.5. The van der Waals surface area contributed by atoms with Crippen molar-refractivity contribution in [1.29, 1.82) is 0 Å². The van der Waals surface area contributed by atoms with Crippen molar-refractivity contribution in [2.24, 2.45) is 0 Å². The molecule has 1 aliphatic heterocycles. The van der Waals surface area contributed by atoms with Crippen LogP contribution in [-0.2, 0) is 16.1 Å². The zero-order valence-corrected chi connectivity index (χ0v) is 17.3. The van der Waals surface area contributed by atoms with E-state index < -0.39 is 23.5 Å². The number of fused-ring (bicyclic) bond motifs is 2. The van der Waals surface area contributed by atoms with Gasteiger partial charge in [-0.25, -0.2) is 13.9 Å². The van der Waals surface area contributed by atoms with Crippen LogP contribution in [0.25, 0.3) is 5.65 Å². The third-order valence-corrected chi connectivity index (χ3v) is 4.71. The summed E-state index contributed by atoms with van der Waals surface area (Å²) in [5.41, 5.74) is 0.427. The van der Waals surface area contributed by atoms with E-state index in [1.54, 1.807) is 18.2 Å². The van der Waals surface area contributed by atoms with Crippen LogP contribution in [0.3, 0.4) is 0 Å². The second kappa shape index (κ2) is 8.90. The normalized spacial score (nSPS) is 12.4. The highest BCUT2D eigenvalue weighted by molar-refractivity contribution is 5.99. The number of anilines is 1. The molecule has 4 rings (SSSR count). The van der Waals surface area contributed by atoms with Gasteiger partial charge in [-0.3, -0.25) is 19.2 Å². The molecule has 4 amide bonds. The number of aromatic nitrogens is 3. The van der Waals surface area contributed by atoms with E-state index in [-0.39, 0.29) is 42.6 Å². The average molecular weight is 455 g/mol. The van der Waals surface area contributed by atoms with Gasteiger partial charge >= 0.3 is 0 Å². The van der Waals surface area contributed by atoms with Crippen molar-refractivity contribution in [2.75, 3.05) is 25.5 Å². The third kappa shape index (κ3) is 4.56. The van der Waals surface area contributed by atoms with Crippen LogP contribution in [-0.4, -0.2) is 58.4 Å². The number of nitrogens with one attached hydrogen (secondary N) is 4. The van der Waals surface area contributed by atoms with Crippen molar-refractivity contribution >= 4 is 35.0 Å². The number of carbonyl (C=O) groups is 4. The maximum Gasteiger partial charge on any atom is 0.270 e. The van der Waals surface area contributed by atoms with Crippen molar-refractivity contribution in [1.82, 2.24) is 30.5 Å². The second-order valence-electron chi connectivity index (χ2n) is 6.96. The molecule has 0 saturated heterocycles. The molecular formula is C20H18FN7O5. The van der Waals surface area contributed by atoms with E-state index in [0.717, 1.165) is 16.8 Å². The van der Waals surface area contributed by atoms with Gasteiger partial charge in [0, 0.05) is 19.7 Å². The molecule has 0 spiro atoms. The van der Waals surface area contributed by atoms with E-state index in [1.165, 1.54) is 7.05 Å². The number of carbonyl (C=O) groups excluding carboxylic acids is 4. The molecule has 0 bridgehead atoms. The second-order valence-corrected chi connectivity index (χ2v) is 6.96. The molecule has 33 heavy (non-hydrogen) atoms. The molecule has 3 aromatic rings. The Morgan fingerprint density at radius 1 is 1.21 bits per heavy atom. The highest BCUT2D eigenvalue weighted by atomic mass is 19.1. The zero-order valence-electron chi connectivity index (χ0n) is 17.3. The molecule has 2 aromatic heterocycles. The molecule has 170 valence electrons. The molecule has 0 fully saturated rings. The number of hydrogen-bond donors (Lipinski definition) is 4. The molecule has 1 aromatic carbocycles. The van der Waals surface area contributed by atoms with E-state index >= 15 is 0 Å². The fraction of sp³-hybridized carbons (Fsp3) is 0.200. The highest BCUT2D eigenvalue weighted by Crippen LogP contribution is 2.28. The van der Waals surface area contributed by atoms with E-state index in [1.807, 2.05) is 0 Å². The van der Waals surface area contributed by atoms with Gasteiger partial charge in [-0.15, -0.1) is 0 Å². The monoisotopic (exact) mass is 455 g/mol. The summed E-state index contributed by atoms with van der Waals surface area (Å²) in [6.45, 7) is -0.320. The lowest BCUT2D eigenvalue weighted by molar-refractivity contribution is -0.120. The van der Waals surface area contributed by atoms with Crippen molar-refractivity contribution in [2.45, 2.75) is 6.54 Å². The summed E-state index contributed by atoms with van der Waals surface area (Å²) in [5, 5.41) is 13.8. The van der Waals surface area contributed by atoms with Crippen LogP contribution in [0.5, 0.6) is 5.75 Å². The smallest absolute Gasteiger partial charge is 0.270 e. The summed E-state index contributed by atoms with van der Waals surface area (Å²) >= 11 is 0. The predicted molar refractivity (Wildman–Crippen MR) is 111 cm³/mol. The first-order valence-electron chi connectivity index (χ1n) is 9.72. The largest absolute Gasteiger partial charge is 0.482 e. The van der Waals surface area contributed by atoms with Gasteiger partial charge in [0.1, 0.15) is 17.1 Å². The predicted octanol–water partition coefficient (Wildman–Crippen LogP) is -0.395. The average Bonchev–Trinajstić information content (AvgIpc) is 3.20. The summed E-state index contributed by atoms with van der Waals surface area (Å²) < 4.78 is 20.4. The van der Waals surface area contributed by atoms with Crippen molar-refractivity contribution < 1.29 is 28.3 Å². The van der Waals surface area contributed by atoms with Gasteiger partial charge in [0.2, 0.25) is 5.91 Å². The Morgan fingerprint density at radius 2 is 2.03 bits per heavy atom. The van der Waals surface area contributed by atoms with Gasteiger partial charge < -0.3 is 26.0 Å². The number of benzene rings is 1. The summed E-state index contributed by atoms with van der Waals surface area (Å²) in [4.78, 5) is 52.1. The molecular weight excluding hydrogens is 437 g/mol. The maximum absolute atomic E-state index is 14.1. The van der Waals surface area contributed by atoms with E-state index in [2.05, 4.69) is 31.3 Å². The van der Waals surface area contributed by atoms with Gasteiger partial charge in [0.25, 0.3) is 17.7 Å². The van der Waals surface area contributed by atoms with Crippen molar-refractivity contribution in [3.63, 3.8) is 0 Å². The Bertz CT molecular complexity index is 1290. The Labute approximate surface area is 185 Å². The standard InChI is InChI=1S/C20H18FN7O5/c1-22-16(29)8-24-20(32)14-5-13(27-18-11(21)7-25-28(14)18)19(31)23-6-10-2-3-15-12(4-10)26-17(30)9-33-15/h2-5,7H,6,8-9H2,1H3,(H,22,29)(H,23,31)(H,24,32)(H,26,30). The van der Waals surface area contributed by atoms with Gasteiger partial charge in [-0.2, -0.15) is 5.10 Å². The molecule has 3 heterocycles. The number of hydrogen-bond acceptors (Lipinski definition) is 7. The molecule has 0 unspecified atom stereocenters. The fourth-order valence-corrected chi connectivity index (χ4v) is 3.07. The van der Waals surface area contributed by atoms with Crippen molar-refractivity contribution in [3.8, 4) is 5.75 Å². The third-order valence-electron chi connectivity index (χ3n) is 4.71. The summed E-state index contributed by atoms with van der Waals surface area (Å²) in [6.07, 6.45) is 0.864. The van der Waals surface area contributed by atoms with Gasteiger partial charge in [-0.1, -0.05) is 6.07 Å². The van der Waals surface area contributed by atoms with Gasteiger partial charge in [0.15, 0.2) is 18.1 Å². The lowest BCUT2D eigenvalue weighted by Crippen LogP contribution is -2.36. The number of rotatable bonds is 6. The molecule has 0 atom stereocenters. The molecule has 0 aliphatic carbocycles. The minimum absolute atomic E-state index is 0.0643. The first-order valence-corrected chi connectivity index (χ1v) is 9.72. The van der Waals surface area contributed by atoms with Crippen LogP contribution in [0.2, 0.25) is 0 Å². The number of ether oxygens (including phenoxy) is 1. The van der Waals surface area contributed by atoms with E-state index in [9.17, 15) is 23.6 Å². The summed E-state index contributed by atoms with van der Waals surface area (Å²) in [7, 11) is 1.41. The van der Waals surface area contributed by atoms with Crippen LogP contribution < -0.4 is 26.0 Å². The van der Waals surface area contributed by atoms with Crippen molar-refractivity contribution in [3.05, 3.63) is 53.2 Å². The van der Waals surface area contributed by atoms with Gasteiger partial charge in [-0.05, 0) is 17.7 Å². The molecule has 13 heteroatoms. The fourth-order valence-electron chi connectivity index (χ4n) is 3.07. The Morgan fingerprint density at radius 3 is 2.82 bits per heavy atom. The van der Waals surface area contributed by atoms with Crippen LogP contribution in [0.4, 0.5) is 10.1 Å². The van der Waals surface area contributed by atoms with Gasteiger partial charge in [0.05, 0.1) is 18.4 Å². The molecule has 0 radical (unpaired) electrons. The Kier molecular flexibility index (Phi) is 5.85. The lowest BCUT2D eigenvalue weighted by atomic mass is 10.1. The molecule has 12 nitrogen and oxygen atoms in total. The van der Waals surface area contributed by atoms with Crippen LogP contribution in [0.15, 0.2) is 30.5 Å². The molecule has 4 N–H and O–H groups in total. The quantitative estimate of drug-likeness (QED) is 0.394. The Hall–Kier alpha value is -4.55. The van der Waals surface area contributed by atoms with Crippen LogP contribution in [0.1, 0.15) is 26.5 Å². The first kappa shape index (κ1) is 21.7.